The van der Waals surface area contributed by atoms with Crippen molar-refractivity contribution in [2.75, 3.05) is 21.3 Å². The number of carbonyl (C=O) groups excluding carboxylic acids is 1. The largest absolute Gasteiger partial charge is 0.493 e. The number of hydrogen-bond acceptors (Lipinski definition) is 5. The van der Waals surface area contributed by atoms with Gasteiger partial charge in [0.2, 0.25) is 11.7 Å². The molecule has 0 bridgehead atoms. The van der Waals surface area contributed by atoms with E-state index in [9.17, 15) is 4.79 Å². The van der Waals surface area contributed by atoms with Crippen molar-refractivity contribution >= 4 is 22.4 Å². The molecule has 6 heteroatoms. The SMILES string of the molecule is COc1ccc(/C(=N\NC(C)=O)c2ccc3ccccc3c2)c(OC)c1OC. The van der Waals surface area contributed by atoms with Gasteiger partial charge in [-0.2, -0.15) is 5.10 Å². The highest BCUT2D eigenvalue weighted by atomic mass is 16.5. The summed E-state index contributed by atoms with van der Waals surface area (Å²) < 4.78 is 16.5. The van der Waals surface area contributed by atoms with Crippen LogP contribution in [0.1, 0.15) is 18.1 Å². The molecular weight excluding hydrogens is 356 g/mol. The Hall–Kier alpha value is -3.54. The minimum atomic E-state index is -0.266. The predicted octanol–water partition coefficient (Wildman–Crippen LogP) is 3.75. The van der Waals surface area contributed by atoms with Gasteiger partial charge in [0.1, 0.15) is 5.71 Å². The molecule has 3 aromatic carbocycles. The zero-order valence-electron chi connectivity index (χ0n) is 16.3. The fourth-order valence-corrected chi connectivity index (χ4v) is 3.04. The number of nitrogens with zero attached hydrogens (tertiary/aromatic N) is 1. The summed E-state index contributed by atoms with van der Waals surface area (Å²) in [5.74, 6) is 1.20. The number of methoxy groups -OCH3 is 3. The molecule has 0 aromatic heterocycles. The third-order valence-electron chi connectivity index (χ3n) is 4.31. The lowest BCUT2D eigenvalue weighted by Gasteiger charge is -2.17. The lowest BCUT2D eigenvalue weighted by atomic mass is 9.98. The molecule has 0 saturated carbocycles. The molecular formula is C22H22N2O4. The maximum atomic E-state index is 11.5. The average molecular weight is 378 g/mol. The molecule has 1 N–H and O–H groups in total. The number of fused-ring (bicyclic) bond motifs is 1. The minimum absolute atomic E-state index is 0.266. The molecule has 0 heterocycles. The zero-order chi connectivity index (χ0) is 20.1. The molecule has 0 spiro atoms. The summed E-state index contributed by atoms with van der Waals surface area (Å²) in [6, 6.07) is 17.6. The summed E-state index contributed by atoms with van der Waals surface area (Å²) in [6.07, 6.45) is 0. The third kappa shape index (κ3) is 3.76. The molecule has 0 radical (unpaired) electrons. The van der Waals surface area contributed by atoms with Gasteiger partial charge in [-0.3, -0.25) is 4.79 Å². The van der Waals surface area contributed by atoms with Crippen LogP contribution in [0.25, 0.3) is 10.8 Å². The number of ether oxygens (including phenoxy) is 3. The van der Waals surface area contributed by atoms with Crippen LogP contribution in [0, 0.1) is 0 Å². The highest BCUT2D eigenvalue weighted by molar-refractivity contribution is 6.16. The lowest BCUT2D eigenvalue weighted by molar-refractivity contribution is -0.118. The Morgan fingerprint density at radius 2 is 1.57 bits per heavy atom. The van der Waals surface area contributed by atoms with Gasteiger partial charge < -0.3 is 14.2 Å². The van der Waals surface area contributed by atoms with Gasteiger partial charge in [0.05, 0.1) is 21.3 Å². The Bertz CT molecular complexity index is 1040. The van der Waals surface area contributed by atoms with E-state index in [1.807, 2.05) is 48.5 Å². The molecule has 28 heavy (non-hydrogen) atoms. The molecule has 0 atom stereocenters. The first-order valence-electron chi connectivity index (χ1n) is 8.71. The maximum absolute atomic E-state index is 11.5. The molecule has 0 aliphatic rings. The lowest BCUT2D eigenvalue weighted by Crippen LogP contribution is -2.18. The van der Waals surface area contributed by atoms with E-state index < -0.39 is 0 Å². The standard InChI is InChI=1S/C22H22N2O4/c1-14(25)23-24-20(17-10-9-15-7-5-6-8-16(15)13-17)18-11-12-19(26-2)22(28-4)21(18)27-3/h5-13H,1-4H3,(H,23,25)/b24-20-. The number of benzene rings is 3. The number of hydrazone groups is 1. The van der Waals surface area contributed by atoms with E-state index in [0.29, 0.717) is 28.5 Å². The van der Waals surface area contributed by atoms with Gasteiger partial charge in [-0.15, -0.1) is 0 Å². The number of carbonyl (C=O) groups is 1. The van der Waals surface area contributed by atoms with Gasteiger partial charge in [-0.25, -0.2) is 5.43 Å². The molecule has 3 rings (SSSR count). The van der Waals surface area contributed by atoms with Crippen LogP contribution >= 0.6 is 0 Å². The van der Waals surface area contributed by atoms with Gasteiger partial charge >= 0.3 is 0 Å². The molecule has 0 fully saturated rings. The van der Waals surface area contributed by atoms with Crippen LogP contribution in [0.5, 0.6) is 17.2 Å². The van der Waals surface area contributed by atoms with Crippen LogP contribution in [0.15, 0.2) is 59.7 Å². The molecule has 0 saturated heterocycles. The highest BCUT2D eigenvalue weighted by Crippen LogP contribution is 2.40. The Balaban J connectivity index is 2.23. The summed E-state index contributed by atoms with van der Waals surface area (Å²) in [6.45, 7) is 1.41. The first-order valence-corrected chi connectivity index (χ1v) is 8.71. The first kappa shape index (κ1) is 19.2. The molecule has 0 aliphatic carbocycles. The van der Waals surface area contributed by atoms with Crippen LogP contribution in [-0.4, -0.2) is 32.9 Å². The van der Waals surface area contributed by atoms with Crippen LogP contribution in [0.4, 0.5) is 0 Å². The Labute approximate surface area is 163 Å². The number of amides is 1. The maximum Gasteiger partial charge on any atom is 0.236 e. The van der Waals surface area contributed by atoms with Gasteiger partial charge in [-0.1, -0.05) is 36.4 Å². The van der Waals surface area contributed by atoms with Crippen molar-refractivity contribution in [2.45, 2.75) is 6.92 Å². The van der Waals surface area contributed by atoms with E-state index in [-0.39, 0.29) is 5.91 Å². The summed E-state index contributed by atoms with van der Waals surface area (Å²) in [4.78, 5) is 11.5. The second-order valence-corrected chi connectivity index (χ2v) is 6.07. The van der Waals surface area contributed by atoms with E-state index >= 15 is 0 Å². The fourth-order valence-electron chi connectivity index (χ4n) is 3.04. The molecule has 0 unspecified atom stereocenters. The summed E-state index contributed by atoms with van der Waals surface area (Å²) >= 11 is 0. The second kappa shape index (κ2) is 8.43. The molecule has 0 aliphatic heterocycles. The minimum Gasteiger partial charge on any atom is -0.493 e. The van der Waals surface area contributed by atoms with E-state index in [1.54, 1.807) is 27.4 Å². The van der Waals surface area contributed by atoms with E-state index in [1.165, 1.54) is 6.92 Å². The van der Waals surface area contributed by atoms with Crippen molar-refractivity contribution in [1.82, 2.24) is 5.43 Å². The van der Waals surface area contributed by atoms with Crippen LogP contribution in [0.3, 0.4) is 0 Å². The van der Waals surface area contributed by atoms with Crippen molar-refractivity contribution in [2.24, 2.45) is 5.10 Å². The van der Waals surface area contributed by atoms with Crippen molar-refractivity contribution < 1.29 is 19.0 Å². The summed E-state index contributed by atoms with van der Waals surface area (Å²) in [7, 11) is 4.66. The quantitative estimate of drug-likeness (QED) is 0.524. The summed E-state index contributed by atoms with van der Waals surface area (Å²) in [5, 5.41) is 6.53. The van der Waals surface area contributed by atoms with E-state index in [0.717, 1.165) is 16.3 Å². The van der Waals surface area contributed by atoms with Crippen molar-refractivity contribution in [3.63, 3.8) is 0 Å². The van der Waals surface area contributed by atoms with Gasteiger partial charge in [-0.05, 0) is 29.0 Å². The van der Waals surface area contributed by atoms with Gasteiger partial charge in [0.25, 0.3) is 0 Å². The van der Waals surface area contributed by atoms with Crippen LogP contribution < -0.4 is 19.6 Å². The Morgan fingerprint density at radius 1 is 0.857 bits per heavy atom. The Kier molecular flexibility index (Phi) is 5.79. The van der Waals surface area contributed by atoms with Crippen molar-refractivity contribution in [3.05, 3.63) is 65.7 Å². The molecule has 3 aromatic rings. The van der Waals surface area contributed by atoms with Crippen molar-refractivity contribution in [3.8, 4) is 17.2 Å². The fraction of sp³-hybridized carbons (Fsp3) is 0.182. The third-order valence-corrected chi connectivity index (χ3v) is 4.31. The van der Waals surface area contributed by atoms with E-state index in [2.05, 4.69) is 10.5 Å². The molecule has 144 valence electrons. The van der Waals surface area contributed by atoms with Crippen molar-refractivity contribution in [1.29, 1.82) is 0 Å². The number of hydrogen-bond donors (Lipinski definition) is 1. The predicted molar refractivity (Wildman–Crippen MR) is 110 cm³/mol. The van der Waals surface area contributed by atoms with Crippen LogP contribution in [-0.2, 0) is 4.79 Å². The Morgan fingerprint density at radius 3 is 2.21 bits per heavy atom. The smallest absolute Gasteiger partial charge is 0.236 e. The van der Waals surface area contributed by atoms with Crippen LogP contribution in [0.2, 0.25) is 0 Å². The monoisotopic (exact) mass is 378 g/mol. The number of nitrogens with one attached hydrogen (secondary N) is 1. The highest BCUT2D eigenvalue weighted by Gasteiger charge is 2.21. The first-order chi connectivity index (χ1) is 13.6. The molecule has 6 nitrogen and oxygen atoms in total. The second-order valence-electron chi connectivity index (χ2n) is 6.07. The average Bonchev–Trinajstić information content (AvgIpc) is 2.72. The van der Waals surface area contributed by atoms with Gasteiger partial charge in [0.15, 0.2) is 11.5 Å². The number of rotatable bonds is 6. The topological polar surface area (TPSA) is 69.2 Å². The molecule has 1 amide bonds. The van der Waals surface area contributed by atoms with Gasteiger partial charge in [0, 0.05) is 18.1 Å². The van der Waals surface area contributed by atoms with E-state index in [4.69, 9.17) is 14.2 Å². The normalized spacial score (nSPS) is 11.2. The zero-order valence-corrected chi connectivity index (χ0v) is 16.3. The summed E-state index contributed by atoms with van der Waals surface area (Å²) in [5.41, 5.74) is 4.59.